The van der Waals surface area contributed by atoms with Crippen molar-refractivity contribution in [3.63, 3.8) is 0 Å². The number of nitrogens with zero attached hydrogens (tertiary/aromatic N) is 1. The van der Waals surface area contributed by atoms with E-state index in [-0.39, 0.29) is 17.8 Å². The van der Waals surface area contributed by atoms with Crippen molar-refractivity contribution >= 4 is 5.91 Å². The van der Waals surface area contributed by atoms with Gasteiger partial charge in [-0.15, -0.1) is 0 Å². The van der Waals surface area contributed by atoms with Crippen LogP contribution in [0, 0.1) is 5.82 Å². The maximum atomic E-state index is 13.8. The molecule has 1 heterocycles. The van der Waals surface area contributed by atoms with Crippen molar-refractivity contribution < 1.29 is 13.9 Å². The fraction of sp³-hybridized carbons (Fsp3) is 0.409. The van der Waals surface area contributed by atoms with E-state index >= 15 is 0 Å². The number of carbonyl (C=O) groups is 1. The van der Waals surface area contributed by atoms with Crippen molar-refractivity contribution in [1.29, 1.82) is 0 Å². The zero-order valence-corrected chi connectivity index (χ0v) is 15.6. The van der Waals surface area contributed by atoms with Crippen LogP contribution in [0.4, 0.5) is 4.39 Å². The van der Waals surface area contributed by atoms with Gasteiger partial charge in [0, 0.05) is 31.1 Å². The average Bonchev–Trinajstić information content (AvgIpc) is 2.68. The highest BCUT2D eigenvalue weighted by molar-refractivity contribution is 5.76. The second kappa shape index (κ2) is 10.1. The predicted octanol–water partition coefficient (Wildman–Crippen LogP) is 3.77. The van der Waals surface area contributed by atoms with Crippen molar-refractivity contribution in [1.82, 2.24) is 10.2 Å². The third-order valence-electron chi connectivity index (χ3n) is 4.78. The number of amides is 1. The van der Waals surface area contributed by atoms with Crippen molar-refractivity contribution in [3.05, 3.63) is 66.0 Å². The Hall–Kier alpha value is -2.40. The van der Waals surface area contributed by atoms with E-state index in [4.69, 9.17) is 4.74 Å². The summed E-state index contributed by atoms with van der Waals surface area (Å²) in [5.74, 6) is 0.723. The number of carbonyl (C=O) groups excluding carboxylic acids is 1. The molecule has 2 aromatic rings. The number of halogens is 1. The van der Waals surface area contributed by atoms with Crippen LogP contribution < -0.4 is 10.1 Å². The van der Waals surface area contributed by atoms with E-state index in [0.29, 0.717) is 31.6 Å². The minimum absolute atomic E-state index is 0.0596. The fourth-order valence-electron chi connectivity index (χ4n) is 3.42. The van der Waals surface area contributed by atoms with Crippen LogP contribution in [0.5, 0.6) is 5.75 Å². The van der Waals surface area contributed by atoms with E-state index in [1.165, 1.54) is 6.07 Å². The summed E-state index contributed by atoms with van der Waals surface area (Å²) in [6.07, 6.45) is 3.12. The molecule has 27 heavy (non-hydrogen) atoms. The molecule has 4 nitrogen and oxygen atoms in total. The van der Waals surface area contributed by atoms with Crippen molar-refractivity contribution in [3.8, 4) is 5.75 Å². The molecular formula is C22H27FN2O2. The van der Waals surface area contributed by atoms with Gasteiger partial charge in [0.25, 0.3) is 0 Å². The first kappa shape index (κ1) is 19.4. The summed E-state index contributed by atoms with van der Waals surface area (Å²) in [5.41, 5.74) is 0.711. The van der Waals surface area contributed by atoms with Crippen LogP contribution in [0.25, 0.3) is 0 Å². The van der Waals surface area contributed by atoms with Gasteiger partial charge in [0.05, 0.1) is 6.61 Å². The second-order valence-electron chi connectivity index (χ2n) is 7.00. The van der Waals surface area contributed by atoms with Crippen LogP contribution in [-0.2, 0) is 11.3 Å². The number of nitrogens with one attached hydrogen (secondary N) is 1. The minimum Gasteiger partial charge on any atom is -0.494 e. The number of hydrogen-bond donors (Lipinski definition) is 1. The molecule has 0 saturated carbocycles. The molecule has 2 aromatic carbocycles. The molecule has 0 bridgehead atoms. The number of piperidine rings is 1. The van der Waals surface area contributed by atoms with Crippen molar-refractivity contribution in [2.75, 3.05) is 19.7 Å². The van der Waals surface area contributed by atoms with E-state index in [1.807, 2.05) is 42.5 Å². The topological polar surface area (TPSA) is 41.6 Å². The van der Waals surface area contributed by atoms with Gasteiger partial charge in [0.2, 0.25) is 5.91 Å². The lowest BCUT2D eigenvalue weighted by Crippen LogP contribution is -2.47. The molecule has 1 aliphatic rings. The Morgan fingerprint density at radius 3 is 2.74 bits per heavy atom. The standard InChI is InChI=1S/C22H27FN2O2/c23-21-12-5-4-8-18(21)16-25-14-6-9-19(17-25)24-22(26)13-7-15-27-20-10-2-1-3-11-20/h1-5,8,10-12,19H,6-7,9,13-17H2,(H,24,26). The smallest absolute Gasteiger partial charge is 0.220 e. The average molecular weight is 370 g/mol. The van der Waals surface area contributed by atoms with Crippen LogP contribution in [0.2, 0.25) is 0 Å². The van der Waals surface area contributed by atoms with Gasteiger partial charge >= 0.3 is 0 Å². The Morgan fingerprint density at radius 2 is 1.93 bits per heavy atom. The fourth-order valence-corrected chi connectivity index (χ4v) is 3.42. The molecule has 1 fully saturated rings. The molecule has 144 valence electrons. The highest BCUT2D eigenvalue weighted by Crippen LogP contribution is 2.16. The Kier molecular flexibility index (Phi) is 7.22. The highest BCUT2D eigenvalue weighted by Gasteiger charge is 2.22. The SMILES string of the molecule is O=C(CCCOc1ccccc1)NC1CCCN(Cc2ccccc2F)C1. The molecule has 5 heteroatoms. The Morgan fingerprint density at radius 1 is 1.15 bits per heavy atom. The highest BCUT2D eigenvalue weighted by atomic mass is 19.1. The van der Waals surface area contributed by atoms with Gasteiger partial charge in [-0.3, -0.25) is 9.69 Å². The number of likely N-dealkylation sites (tertiary alicyclic amines) is 1. The number of benzene rings is 2. The number of para-hydroxylation sites is 1. The van der Waals surface area contributed by atoms with Crippen molar-refractivity contribution in [2.45, 2.75) is 38.3 Å². The molecule has 0 spiro atoms. The van der Waals surface area contributed by atoms with E-state index < -0.39 is 0 Å². The van der Waals surface area contributed by atoms with Gasteiger partial charge in [-0.1, -0.05) is 36.4 Å². The molecule has 0 aliphatic carbocycles. The predicted molar refractivity (Wildman–Crippen MR) is 104 cm³/mol. The maximum Gasteiger partial charge on any atom is 0.220 e. The van der Waals surface area contributed by atoms with Gasteiger partial charge in [0.1, 0.15) is 11.6 Å². The molecule has 1 saturated heterocycles. The summed E-state index contributed by atoms with van der Waals surface area (Å²) in [4.78, 5) is 14.4. The van der Waals surface area contributed by atoms with Gasteiger partial charge in [-0.2, -0.15) is 0 Å². The first-order valence-corrected chi connectivity index (χ1v) is 9.63. The molecule has 1 atom stereocenters. The molecule has 1 amide bonds. The zero-order chi connectivity index (χ0) is 18.9. The lowest BCUT2D eigenvalue weighted by molar-refractivity contribution is -0.122. The molecule has 1 N–H and O–H groups in total. The van der Waals surface area contributed by atoms with Crippen LogP contribution in [-0.4, -0.2) is 36.5 Å². The Bertz CT molecular complexity index is 723. The van der Waals surface area contributed by atoms with Gasteiger partial charge in [-0.25, -0.2) is 4.39 Å². The zero-order valence-electron chi connectivity index (χ0n) is 15.6. The van der Waals surface area contributed by atoms with Crippen LogP contribution in [0.15, 0.2) is 54.6 Å². The van der Waals surface area contributed by atoms with E-state index in [2.05, 4.69) is 10.2 Å². The lowest BCUT2D eigenvalue weighted by Gasteiger charge is -2.33. The monoisotopic (exact) mass is 370 g/mol. The van der Waals surface area contributed by atoms with Crippen molar-refractivity contribution in [2.24, 2.45) is 0 Å². The third-order valence-corrected chi connectivity index (χ3v) is 4.78. The number of ether oxygens (including phenoxy) is 1. The first-order chi connectivity index (χ1) is 13.2. The molecule has 1 unspecified atom stereocenters. The number of hydrogen-bond acceptors (Lipinski definition) is 3. The summed E-state index contributed by atoms with van der Waals surface area (Å²) in [7, 11) is 0. The molecule has 1 aliphatic heterocycles. The molecular weight excluding hydrogens is 343 g/mol. The summed E-state index contributed by atoms with van der Waals surface area (Å²) >= 11 is 0. The van der Waals surface area contributed by atoms with Gasteiger partial charge in [-0.05, 0) is 44.0 Å². The second-order valence-corrected chi connectivity index (χ2v) is 7.00. The first-order valence-electron chi connectivity index (χ1n) is 9.63. The summed E-state index contributed by atoms with van der Waals surface area (Å²) < 4.78 is 19.5. The van der Waals surface area contributed by atoms with Gasteiger partial charge in [0.15, 0.2) is 0 Å². The van der Waals surface area contributed by atoms with Crippen LogP contribution in [0.3, 0.4) is 0 Å². The van der Waals surface area contributed by atoms with Crippen LogP contribution >= 0.6 is 0 Å². The molecule has 0 aromatic heterocycles. The summed E-state index contributed by atoms with van der Waals surface area (Å²) in [6.45, 7) is 2.82. The largest absolute Gasteiger partial charge is 0.494 e. The van der Waals surface area contributed by atoms with Gasteiger partial charge < -0.3 is 10.1 Å². The molecule has 0 radical (unpaired) electrons. The van der Waals surface area contributed by atoms with E-state index in [9.17, 15) is 9.18 Å². The maximum absolute atomic E-state index is 13.8. The van der Waals surface area contributed by atoms with E-state index in [0.717, 1.165) is 31.7 Å². The quantitative estimate of drug-likeness (QED) is 0.720. The summed E-state index contributed by atoms with van der Waals surface area (Å²) in [6, 6.07) is 16.6. The third kappa shape index (κ3) is 6.36. The Balaban J connectivity index is 1.37. The number of rotatable bonds is 8. The van der Waals surface area contributed by atoms with E-state index in [1.54, 1.807) is 6.07 Å². The normalized spacial score (nSPS) is 17.4. The summed E-state index contributed by atoms with van der Waals surface area (Å²) in [5, 5.41) is 3.12. The Labute approximate surface area is 160 Å². The van der Waals surface area contributed by atoms with Crippen LogP contribution in [0.1, 0.15) is 31.2 Å². The minimum atomic E-state index is -0.165. The molecule has 3 rings (SSSR count). The lowest BCUT2D eigenvalue weighted by atomic mass is 10.0.